The number of methoxy groups -OCH3 is 1. The molecule has 0 bridgehead atoms. The Bertz CT molecular complexity index is 453. The predicted octanol–water partition coefficient (Wildman–Crippen LogP) is 2.42. The minimum atomic E-state index is -0.651. The maximum absolute atomic E-state index is 11.0. The molecule has 0 spiro atoms. The smallest absolute Gasteiger partial charge is 0.306 e. The van der Waals surface area contributed by atoms with Crippen molar-refractivity contribution in [3.8, 4) is 5.75 Å². The summed E-state index contributed by atoms with van der Waals surface area (Å²) in [6.07, 6.45) is 2.44. The van der Waals surface area contributed by atoms with Crippen molar-refractivity contribution in [3.05, 3.63) is 29.8 Å². The molecule has 0 radical (unpaired) electrons. The monoisotopic (exact) mass is 277 g/mol. The highest BCUT2D eigenvalue weighted by molar-refractivity contribution is 5.70. The van der Waals surface area contributed by atoms with Gasteiger partial charge in [-0.25, -0.2) is 0 Å². The van der Waals surface area contributed by atoms with Gasteiger partial charge >= 0.3 is 5.97 Å². The summed E-state index contributed by atoms with van der Waals surface area (Å²) in [5.74, 6) is 0.117. The maximum Gasteiger partial charge on any atom is 0.306 e. The summed E-state index contributed by atoms with van der Waals surface area (Å²) in [5.41, 5.74) is 1.21. The van der Waals surface area contributed by atoms with Gasteiger partial charge in [0.15, 0.2) is 0 Å². The highest BCUT2D eigenvalue weighted by Crippen LogP contribution is 2.24. The van der Waals surface area contributed by atoms with Crippen molar-refractivity contribution in [2.45, 2.75) is 32.2 Å². The summed E-state index contributed by atoms with van der Waals surface area (Å²) < 4.78 is 5.39. The van der Waals surface area contributed by atoms with E-state index in [1.54, 1.807) is 7.11 Å². The molecule has 1 fully saturated rings. The van der Waals surface area contributed by atoms with Crippen LogP contribution in [-0.2, 0) is 11.2 Å². The van der Waals surface area contributed by atoms with Crippen LogP contribution < -0.4 is 4.74 Å². The van der Waals surface area contributed by atoms with Gasteiger partial charge in [-0.2, -0.15) is 0 Å². The van der Waals surface area contributed by atoms with Gasteiger partial charge in [0.2, 0.25) is 0 Å². The second-order valence-corrected chi connectivity index (χ2v) is 5.51. The lowest BCUT2D eigenvalue weighted by atomic mass is 9.95. The summed E-state index contributed by atoms with van der Waals surface area (Å²) in [4.78, 5) is 13.4. The molecule has 110 valence electrons. The Morgan fingerprint density at radius 1 is 1.40 bits per heavy atom. The van der Waals surface area contributed by atoms with Crippen molar-refractivity contribution >= 4 is 5.97 Å². The van der Waals surface area contributed by atoms with Crippen LogP contribution in [0.15, 0.2) is 24.3 Å². The summed E-state index contributed by atoms with van der Waals surface area (Å²) in [5, 5.41) is 9.03. The Labute approximate surface area is 120 Å². The summed E-state index contributed by atoms with van der Waals surface area (Å²) in [6, 6.07) is 8.49. The Hall–Kier alpha value is -1.55. The van der Waals surface area contributed by atoms with Gasteiger partial charge in [-0.05, 0) is 50.9 Å². The van der Waals surface area contributed by atoms with Gasteiger partial charge in [0.25, 0.3) is 0 Å². The lowest BCUT2D eigenvalue weighted by molar-refractivity contribution is -0.143. The van der Waals surface area contributed by atoms with Crippen LogP contribution in [-0.4, -0.2) is 42.2 Å². The highest BCUT2D eigenvalue weighted by atomic mass is 16.5. The average Bonchev–Trinajstić information content (AvgIpc) is 2.48. The molecule has 1 heterocycles. The van der Waals surface area contributed by atoms with E-state index in [1.165, 1.54) is 5.56 Å². The van der Waals surface area contributed by atoms with E-state index >= 15 is 0 Å². The number of hydrogen-bond donors (Lipinski definition) is 1. The van der Waals surface area contributed by atoms with Crippen LogP contribution in [0.5, 0.6) is 5.75 Å². The number of para-hydroxylation sites is 1. The zero-order chi connectivity index (χ0) is 14.5. The van der Waals surface area contributed by atoms with Gasteiger partial charge in [0.1, 0.15) is 5.75 Å². The largest absolute Gasteiger partial charge is 0.496 e. The molecule has 1 unspecified atom stereocenters. The van der Waals surface area contributed by atoms with Crippen LogP contribution in [0, 0.1) is 5.92 Å². The predicted molar refractivity (Wildman–Crippen MR) is 78.1 cm³/mol. The van der Waals surface area contributed by atoms with Gasteiger partial charge in [-0.3, -0.25) is 4.79 Å². The minimum Gasteiger partial charge on any atom is -0.496 e. The molecule has 1 atom stereocenters. The summed E-state index contributed by atoms with van der Waals surface area (Å²) in [6.45, 7) is 3.94. The molecule has 1 aromatic rings. The quantitative estimate of drug-likeness (QED) is 0.898. The molecule has 0 saturated carbocycles. The number of likely N-dealkylation sites (tertiary alicyclic amines) is 1. The Balaban J connectivity index is 1.92. The molecule has 1 N–H and O–H groups in total. The van der Waals surface area contributed by atoms with E-state index in [0.717, 1.165) is 38.1 Å². The molecule has 4 nitrogen and oxygen atoms in total. The molecule has 2 rings (SSSR count). The number of ether oxygens (including phenoxy) is 1. The van der Waals surface area contributed by atoms with Crippen molar-refractivity contribution in [3.63, 3.8) is 0 Å². The normalized spacial score (nSPS) is 18.7. The van der Waals surface area contributed by atoms with Crippen LogP contribution >= 0.6 is 0 Å². The van der Waals surface area contributed by atoms with Gasteiger partial charge in [-0.1, -0.05) is 18.2 Å². The van der Waals surface area contributed by atoms with Crippen molar-refractivity contribution in [1.82, 2.24) is 4.90 Å². The molecule has 1 aliphatic heterocycles. The Morgan fingerprint density at radius 2 is 2.05 bits per heavy atom. The number of nitrogens with zero attached hydrogens (tertiary/aromatic N) is 1. The molecule has 0 aliphatic carbocycles. The topological polar surface area (TPSA) is 49.8 Å². The minimum absolute atomic E-state index is 0.162. The van der Waals surface area contributed by atoms with E-state index in [4.69, 9.17) is 9.84 Å². The first-order chi connectivity index (χ1) is 9.61. The standard InChI is InChI=1S/C16H23NO3/c1-12(11-14-5-3-4-6-15(14)20-2)17-9-7-13(8-10-17)16(18)19/h3-6,12-13H,7-11H2,1-2H3,(H,18,19). The fourth-order valence-corrected chi connectivity index (χ4v) is 2.91. The van der Waals surface area contributed by atoms with Crippen molar-refractivity contribution in [2.24, 2.45) is 5.92 Å². The van der Waals surface area contributed by atoms with E-state index in [2.05, 4.69) is 17.9 Å². The van der Waals surface area contributed by atoms with E-state index in [1.807, 2.05) is 18.2 Å². The molecular weight excluding hydrogens is 254 g/mol. The molecule has 4 heteroatoms. The molecule has 1 aliphatic rings. The van der Waals surface area contributed by atoms with Crippen LogP contribution in [0.2, 0.25) is 0 Å². The van der Waals surface area contributed by atoms with E-state index in [9.17, 15) is 4.79 Å². The van der Waals surface area contributed by atoms with E-state index in [-0.39, 0.29) is 5.92 Å². The number of rotatable bonds is 5. The third kappa shape index (κ3) is 3.51. The van der Waals surface area contributed by atoms with Crippen molar-refractivity contribution in [2.75, 3.05) is 20.2 Å². The fraction of sp³-hybridized carbons (Fsp3) is 0.562. The van der Waals surface area contributed by atoms with Crippen molar-refractivity contribution < 1.29 is 14.6 Å². The van der Waals surface area contributed by atoms with Gasteiger partial charge < -0.3 is 14.7 Å². The average molecular weight is 277 g/mol. The lowest BCUT2D eigenvalue weighted by Gasteiger charge is -2.35. The maximum atomic E-state index is 11.0. The SMILES string of the molecule is COc1ccccc1CC(C)N1CCC(C(=O)O)CC1. The van der Waals surface area contributed by atoms with Gasteiger partial charge in [-0.15, -0.1) is 0 Å². The molecule has 20 heavy (non-hydrogen) atoms. The number of carboxylic acids is 1. The number of piperidine rings is 1. The Kier molecular flexibility index (Phi) is 5.01. The number of benzene rings is 1. The van der Waals surface area contributed by atoms with E-state index in [0.29, 0.717) is 6.04 Å². The first-order valence-electron chi connectivity index (χ1n) is 7.20. The third-order valence-electron chi connectivity index (χ3n) is 4.21. The molecule has 1 aromatic carbocycles. The van der Waals surface area contributed by atoms with Crippen LogP contribution in [0.4, 0.5) is 0 Å². The Morgan fingerprint density at radius 3 is 2.65 bits per heavy atom. The summed E-state index contributed by atoms with van der Waals surface area (Å²) in [7, 11) is 1.70. The van der Waals surface area contributed by atoms with E-state index < -0.39 is 5.97 Å². The first kappa shape index (κ1) is 14.9. The zero-order valence-electron chi connectivity index (χ0n) is 12.2. The number of carbonyl (C=O) groups is 1. The lowest BCUT2D eigenvalue weighted by Crippen LogP contribution is -2.42. The van der Waals surface area contributed by atoms with Crippen LogP contribution in [0.3, 0.4) is 0 Å². The number of hydrogen-bond acceptors (Lipinski definition) is 3. The number of aliphatic carboxylic acids is 1. The molecule has 1 saturated heterocycles. The third-order valence-corrected chi connectivity index (χ3v) is 4.21. The molecule has 0 amide bonds. The zero-order valence-corrected chi connectivity index (χ0v) is 12.2. The van der Waals surface area contributed by atoms with Gasteiger partial charge in [0.05, 0.1) is 13.0 Å². The second kappa shape index (κ2) is 6.75. The molecular formula is C16H23NO3. The summed E-state index contributed by atoms with van der Waals surface area (Å²) >= 11 is 0. The molecule has 0 aromatic heterocycles. The van der Waals surface area contributed by atoms with Crippen molar-refractivity contribution in [1.29, 1.82) is 0 Å². The number of carboxylic acid groups (broad SMARTS) is 1. The highest BCUT2D eigenvalue weighted by Gasteiger charge is 2.27. The van der Waals surface area contributed by atoms with Crippen LogP contribution in [0.25, 0.3) is 0 Å². The first-order valence-corrected chi connectivity index (χ1v) is 7.20. The second-order valence-electron chi connectivity index (χ2n) is 5.51. The fourth-order valence-electron chi connectivity index (χ4n) is 2.91. The van der Waals surface area contributed by atoms with Gasteiger partial charge in [0, 0.05) is 6.04 Å². The van der Waals surface area contributed by atoms with Crippen LogP contribution in [0.1, 0.15) is 25.3 Å².